The molecule has 5 atom stereocenters. The summed E-state index contributed by atoms with van der Waals surface area (Å²) >= 11 is 0. The molecule has 2 N–H and O–H groups in total. The highest BCUT2D eigenvalue weighted by Crippen LogP contribution is 2.37. The highest BCUT2D eigenvalue weighted by atomic mass is 16.4. The van der Waals surface area contributed by atoms with Crippen LogP contribution in [-0.4, -0.2) is 23.0 Å². The first kappa shape index (κ1) is 15.3. The highest BCUT2D eigenvalue weighted by Gasteiger charge is 2.41. The van der Waals surface area contributed by atoms with Crippen LogP contribution in [0.4, 0.5) is 0 Å². The van der Waals surface area contributed by atoms with Crippen LogP contribution < -0.4 is 5.32 Å². The number of rotatable bonds is 3. The SMILES string of the molecule is CC1CC(C)CC(NC(=O)C2CC(C)CC2C(=O)O)C1. The molecule has 1 amide bonds. The van der Waals surface area contributed by atoms with Gasteiger partial charge in [0.05, 0.1) is 11.8 Å². The largest absolute Gasteiger partial charge is 0.481 e. The van der Waals surface area contributed by atoms with E-state index in [9.17, 15) is 14.7 Å². The molecule has 0 aromatic rings. The van der Waals surface area contributed by atoms with Crippen LogP contribution in [0, 0.1) is 29.6 Å². The van der Waals surface area contributed by atoms with Crippen LogP contribution in [0.5, 0.6) is 0 Å². The smallest absolute Gasteiger partial charge is 0.307 e. The lowest BCUT2D eigenvalue weighted by Gasteiger charge is -2.33. The van der Waals surface area contributed by atoms with Gasteiger partial charge in [-0.05, 0) is 49.9 Å². The number of aliphatic carboxylic acids is 1. The van der Waals surface area contributed by atoms with Crippen molar-refractivity contribution >= 4 is 11.9 Å². The van der Waals surface area contributed by atoms with Gasteiger partial charge in [-0.15, -0.1) is 0 Å². The fraction of sp³-hybridized carbons (Fsp3) is 0.875. The van der Waals surface area contributed by atoms with E-state index in [-0.39, 0.29) is 17.9 Å². The van der Waals surface area contributed by atoms with Gasteiger partial charge in [0.15, 0.2) is 0 Å². The van der Waals surface area contributed by atoms with Crippen molar-refractivity contribution in [3.8, 4) is 0 Å². The van der Waals surface area contributed by atoms with E-state index in [0.717, 1.165) is 12.8 Å². The molecule has 2 saturated carbocycles. The minimum Gasteiger partial charge on any atom is -0.481 e. The van der Waals surface area contributed by atoms with Gasteiger partial charge in [-0.3, -0.25) is 9.59 Å². The Bertz CT molecular complexity index is 372. The summed E-state index contributed by atoms with van der Waals surface area (Å²) < 4.78 is 0. The van der Waals surface area contributed by atoms with Gasteiger partial charge in [0.2, 0.25) is 5.91 Å². The molecule has 2 aliphatic rings. The molecule has 0 aromatic carbocycles. The van der Waals surface area contributed by atoms with E-state index >= 15 is 0 Å². The van der Waals surface area contributed by atoms with E-state index in [2.05, 4.69) is 19.2 Å². The molecule has 0 saturated heterocycles. The molecule has 0 aromatic heterocycles. The Morgan fingerprint density at radius 2 is 1.35 bits per heavy atom. The second kappa shape index (κ2) is 6.15. The van der Waals surface area contributed by atoms with Gasteiger partial charge in [0.1, 0.15) is 0 Å². The predicted octanol–water partition coefficient (Wildman–Crippen LogP) is 2.67. The first-order chi connectivity index (χ1) is 9.36. The second-order valence-electron chi connectivity index (χ2n) is 7.25. The Kier molecular flexibility index (Phi) is 4.71. The average molecular weight is 281 g/mol. The third kappa shape index (κ3) is 3.53. The van der Waals surface area contributed by atoms with Gasteiger partial charge in [0, 0.05) is 6.04 Å². The maximum absolute atomic E-state index is 12.4. The third-order valence-electron chi connectivity index (χ3n) is 4.98. The number of carboxylic acids is 1. The molecule has 4 heteroatoms. The number of amides is 1. The normalized spacial score (nSPS) is 41.4. The Morgan fingerprint density at radius 3 is 1.90 bits per heavy atom. The summed E-state index contributed by atoms with van der Waals surface area (Å²) in [6, 6.07) is 0.228. The van der Waals surface area contributed by atoms with Crippen LogP contribution in [0.3, 0.4) is 0 Å². The number of hydrogen-bond acceptors (Lipinski definition) is 2. The molecule has 0 radical (unpaired) electrons. The standard InChI is InChI=1S/C16H27NO3/c1-9-4-10(2)6-12(5-9)17-15(18)13-7-11(3)8-14(13)16(19)20/h9-14H,4-8H2,1-3H3,(H,17,18)(H,19,20). The van der Waals surface area contributed by atoms with E-state index < -0.39 is 11.9 Å². The van der Waals surface area contributed by atoms with Crippen molar-refractivity contribution in [1.29, 1.82) is 0 Å². The van der Waals surface area contributed by atoms with Crippen molar-refractivity contribution in [2.45, 2.75) is 58.9 Å². The molecule has 114 valence electrons. The maximum Gasteiger partial charge on any atom is 0.307 e. The molecule has 0 bridgehead atoms. The van der Waals surface area contributed by atoms with Crippen molar-refractivity contribution in [1.82, 2.24) is 5.32 Å². The third-order valence-corrected chi connectivity index (χ3v) is 4.98. The molecular weight excluding hydrogens is 254 g/mol. The first-order valence-corrected chi connectivity index (χ1v) is 7.90. The van der Waals surface area contributed by atoms with Crippen LogP contribution in [0.25, 0.3) is 0 Å². The summed E-state index contributed by atoms with van der Waals surface area (Å²) in [6.45, 7) is 6.49. The molecule has 0 spiro atoms. The Labute approximate surface area is 121 Å². The van der Waals surface area contributed by atoms with Gasteiger partial charge in [-0.1, -0.05) is 20.8 Å². The quantitative estimate of drug-likeness (QED) is 0.836. The van der Waals surface area contributed by atoms with Crippen LogP contribution in [0.15, 0.2) is 0 Å². The van der Waals surface area contributed by atoms with Crippen molar-refractivity contribution in [3.63, 3.8) is 0 Å². The minimum absolute atomic E-state index is 0.0342. The average Bonchev–Trinajstić information content (AvgIpc) is 2.70. The monoisotopic (exact) mass is 281 g/mol. The van der Waals surface area contributed by atoms with E-state index in [1.807, 2.05) is 6.92 Å². The van der Waals surface area contributed by atoms with Crippen molar-refractivity contribution in [3.05, 3.63) is 0 Å². The Balaban J connectivity index is 1.95. The predicted molar refractivity (Wildman–Crippen MR) is 77.1 cm³/mol. The van der Waals surface area contributed by atoms with Crippen LogP contribution in [-0.2, 0) is 9.59 Å². The zero-order chi connectivity index (χ0) is 14.9. The van der Waals surface area contributed by atoms with E-state index in [4.69, 9.17) is 0 Å². The molecular formula is C16H27NO3. The molecule has 20 heavy (non-hydrogen) atoms. The summed E-state index contributed by atoms with van der Waals surface area (Å²) in [5, 5.41) is 12.4. The van der Waals surface area contributed by atoms with Crippen LogP contribution in [0.2, 0.25) is 0 Å². The molecule has 4 nitrogen and oxygen atoms in total. The van der Waals surface area contributed by atoms with Crippen LogP contribution in [0.1, 0.15) is 52.9 Å². The van der Waals surface area contributed by atoms with Gasteiger partial charge >= 0.3 is 5.97 Å². The zero-order valence-corrected chi connectivity index (χ0v) is 12.8. The van der Waals surface area contributed by atoms with Crippen molar-refractivity contribution < 1.29 is 14.7 Å². The first-order valence-electron chi connectivity index (χ1n) is 7.90. The Morgan fingerprint density at radius 1 is 0.850 bits per heavy atom. The zero-order valence-electron chi connectivity index (χ0n) is 12.8. The van der Waals surface area contributed by atoms with E-state index in [1.54, 1.807) is 0 Å². The van der Waals surface area contributed by atoms with E-state index in [0.29, 0.717) is 30.6 Å². The number of carbonyl (C=O) groups excluding carboxylic acids is 1. The molecule has 2 aliphatic carbocycles. The van der Waals surface area contributed by atoms with Crippen molar-refractivity contribution in [2.75, 3.05) is 0 Å². The summed E-state index contributed by atoms with van der Waals surface area (Å²) in [6.07, 6.45) is 4.61. The number of carboxylic acid groups (broad SMARTS) is 1. The summed E-state index contributed by atoms with van der Waals surface area (Å²) in [4.78, 5) is 23.7. The maximum atomic E-state index is 12.4. The van der Waals surface area contributed by atoms with Gasteiger partial charge < -0.3 is 10.4 Å². The summed E-state index contributed by atoms with van der Waals surface area (Å²) in [5.41, 5.74) is 0. The lowest BCUT2D eigenvalue weighted by molar-refractivity contribution is -0.146. The molecule has 0 aliphatic heterocycles. The van der Waals surface area contributed by atoms with Gasteiger partial charge in [-0.2, -0.15) is 0 Å². The van der Waals surface area contributed by atoms with E-state index in [1.165, 1.54) is 6.42 Å². The topological polar surface area (TPSA) is 66.4 Å². The molecule has 5 unspecified atom stereocenters. The number of carbonyl (C=O) groups is 2. The van der Waals surface area contributed by atoms with Gasteiger partial charge in [0.25, 0.3) is 0 Å². The molecule has 0 heterocycles. The number of hydrogen-bond donors (Lipinski definition) is 2. The second-order valence-corrected chi connectivity index (χ2v) is 7.25. The van der Waals surface area contributed by atoms with Gasteiger partial charge in [-0.25, -0.2) is 0 Å². The molecule has 2 fully saturated rings. The lowest BCUT2D eigenvalue weighted by atomic mass is 9.80. The van der Waals surface area contributed by atoms with Crippen molar-refractivity contribution in [2.24, 2.45) is 29.6 Å². The fourth-order valence-electron chi connectivity index (χ4n) is 4.23. The number of nitrogens with one attached hydrogen (secondary N) is 1. The molecule has 2 rings (SSSR count). The Hall–Kier alpha value is -1.06. The van der Waals surface area contributed by atoms with Crippen LogP contribution >= 0.6 is 0 Å². The summed E-state index contributed by atoms with van der Waals surface area (Å²) in [5.74, 6) is -0.0777. The fourth-order valence-corrected chi connectivity index (χ4v) is 4.23. The highest BCUT2D eigenvalue weighted by molar-refractivity contribution is 5.85. The lowest BCUT2D eigenvalue weighted by Crippen LogP contribution is -2.44. The summed E-state index contributed by atoms with van der Waals surface area (Å²) in [7, 11) is 0. The minimum atomic E-state index is -0.820.